The number of amides is 1. The lowest BCUT2D eigenvalue weighted by Crippen LogP contribution is -2.11. The predicted octanol–water partition coefficient (Wildman–Crippen LogP) is 4.74. The second-order valence-electron chi connectivity index (χ2n) is 6.06. The molecule has 1 heterocycles. The highest BCUT2D eigenvalue weighted by atomic mass is 16.5. The van der Waals surface area contributed by atoms with E-state index in [0.717, 1.165) is 22.6 Å². The van der Waals surface area contributed by atoms with Crippen molar-refractivity contribution < 1.29 is 18.7 Å². The molecule has 1 amide bonds. The number of furan rings is 1. The van der Waals surface area contributed by atoms with E-state index in [1.807, 2.05) is 50.2 Å². The molecule has 3 rings (SSSR count). The van der Waals surface area contributed by atoms with Crippen molar-refractivity contribution in [2.24, 2.45) is 0 Å². The number of hydrogen-bond acceptors (Lipinski definition) is 4. The van der Waals surface area contributed by atoms with Gasteiger partial charge < -0.3 is 19.2 Å². The average Bonchev–Trinajstić information content (AvgIpc) is 3.08. The molecule has 134 valence electrons. The van der Waals surface area contributed by atoms with Crippen molar-refractivity contribution in [3.8, 4) is 11.5 Å². The Hall–Kier alpha value is -3.21. The van der Waals surface area contributed by atoms with Gasteiger partial charge in [0.05, 0.1) is 7.11 Å². The van der Waals surface area contributed by atoms with E-state index in [1.165, 1.54) is 0 Å². The number of carbonyl (C=O) groups is 1. The average molecular weight is 351 g/mol. The molecule has 5 nitrogen and oxygen atoms in total. The SMILES string of the molecule is COc1ccc(OCc2ccc(C(=O)Nc3cc(C)cc(C)c3)o2)cc1. The Morgan fingerprint density at radius 1 is 0.962 bits per heavy atom. The molecule has 0 spiro atoms. The van der Waals surface area contributed by atoms with E-state index in [1.54, 1.807) is 19.2 Å². The number of ether oxygens (including phenoxy) is 2. The van der Waals surface area contributed by atoms with Gasteiger partial charge in [0.1, 0.15) is 23.9 Å². The van der Waals surface area contributed by atoms with Crippen molar-refractivity contribution in [2.75, 3.05) is 12.4 Å². The Morgan fingerprint density at radius 3 is 2.27 bits per heavy atom. The largest absolute Gasteiger partial charge is 0.497 e. The predicted molar refractivity (Wildman–Crippen MR) is 99.9 cm³/mol. The minimum absolute atomic E-state index is 0.239. The summed E-state index contributed by atoms with van der Waals surface area (Å²) >= 11 is 0. The first-order valence-corrected chi connectivity index (χ1v) is 8.29. The van der Waals surface area contributed by atoms with Gasteiger partial charge in [-0.2, -0.15) is 0 Å². The van der Waals surface area contributed by atoms with Gasteiger partial charge in [-0.3, -0.25) is 4.79 Å². The van der Waals surface area contributed by atoms with Crippen LogP contribution in [0.5, 0.6) is 11.5 Å². The molecule has 5 heteroatoms. The minimum Gasteiger partial charge on any atom is -0.497 e. The van der Waals surface area contributed by atoms with Crippen molar-refractivity contribution >= 4 is 11.6 Å². The zero-order valence-corrected chi connectivity index (χ0v) is 15.0. The molecule has 0 unspecified atom stereocenters. The molecule has 0 aliphatic heterocycles. The molecule has 3 aromatic rings. The van der Waals surface area contributed by atoms with Gasteiger partial charge >= 0.3 is 0 Å². The van der Waals surface area contributed by atoms with Gasteiger partial charge in [0.2, 0.25) is 0 Å². The van der Waals surface area contributed by atoms with Gasteiger partial charge in [-0.25, -0.2) is 0 Å². The molecule has 2 aromatic carbocycles. The van der Waals surface area contributed by atoms with Crippen LogP contribution in [0.3, 0.4) is 0 Å². The number of nitrogens with one attached hydrogen (secondary N) is 1. The first-order valence-electron chi connectivity index (χ1n) is 8.29. The molecule has 0 aliphatic carbocycles. The Bertz CT molecular complexity index is 876. The number of benzene rings is 2. The van der Waals surface area contributed by atoms with Gasteiger partial charge in [0.25, 0.3) is 5.91 Å². The standard InChI is InChI=1S/C21H21NO4/c1-14-10-15(2)12-16(11-14)22-21(23)20-9-8-19(26-20)13-25-18-6-4-17(24-3)5-7-18/h4-12H,13H2,1-3H3,(H,22,23). The fourth-order valence-corrected chi connectivity index (χ4v) is 2.64. The number of rotatable bonds is 6. The Labute approximate surface area is 152 Å². The molecule has 0 radical (unpaired) electrons. The summed E-state index contributed by atoms with van der Waals surface area (Å²) in [5.41, 5.74) is 2.93. The Kier molecular flexibility index (Phi) is 5.27. The number of carbonyl (C=O) groups excluding carboxylic acids is 1. The molecule has 26 heavy (non-hydrogen) atoms. The van der Waals surface area contributed by atoms with Crippen LogP contribution in [0.15, 0.2) is 59.0 Å². The van der Waals surface area contributed by atoms with E-state index in [9.17, 15) is 4.79 Å². The summed E-state index contributed by atoms with van der Waals surface area (Å²) in [5.74, 6) is 2.00. The van der Waals surface area contributed by atoms with Crippen molar-refractivity contribution in [1.82, 2.24) is 0 Å². The van der Waals surface area contributed by atoms with Crippen LogP contribution < -0.4 is 14.8 Å². The first kappa shape index (κ1) is 17.6. The number of hydrogen-bond donors (Lipinski definition) is 1. The molecule has 1 aromatic heterocycles. The number of aryl methyl sites for hydroxylation is 2. The Balaban J connectivity index is 1.60. The normalized spacial score (nSPS) is 10.4. The fourth-order valence-electron chi connectivity index (χ4n) is 2.64. The van der Waals surface area contributed by atoms with Crippen molar-refractivity contribution in [3.63, 3.8) is 0 Å². The van der Waals surface area contributed by atoms with Gasteiger partial charge in [-0.1, -0.05) is 6.07 Å². The van der Waals surface area contributed by atoms with Gasteiger partial charge in [-0.05, 0) is 73.5 Å². The fraction of sp³-hybridized carbons (Fsp3) is 0.190. The Morgan fingerprint density at radius 2 is 1.62 bits per heavy atom. The van der Waals surface area contributed by atoms with Crippen LogP contribution in [0.4, 0.5) is 5.69 Å². The zero-order chi connectivity index (χ0) is 18.5. The summed E-state index contributed by atoms with van der Waals surface area (Å²) in [6.07, 6.45) is 0. The van der Waals surface area contributed by atoms with Crippen molar-refractivity contribution in [2.45, 2.75) is 20.5 Å². The lowest BCUT2D eigenvalue weighted by Gasteiger charge is -2.06. The summed E-state index contributed by atoms with van der Waals surface area (Å²) in [6, 6.07) is 16.5. The van der Waals surface area contributed by atoms with Crippen LogP contribution in [-0.4, -0.2) is 13.0 Å². The van der Waals surface area contributed by atoms with Crippen molar-refractivity contribution in [3.05, 3.63) is 77.2 Å². The second-order valence-corrected chi connectivity index (χ2v) is 6.06. The second kappa shape index (κ2) is 7.78. The minimum atomic E-state index is -0.286. The summed E-state index contributed by atoms with van der Waals surface area (Å²) < 4.78 is 16.3. The van der Waals surface area contributed by atoms with Gasteiger partial charge in [0.15, 0.2) is 5.76 Å². The molecule has 0 atom stereocenters. The zero-order valence-electron chi connectivity index (χ0n) is 15.0. The van der Waals surface area contributed by atoms with Gasteiger partial charge in [0, 0.05) is 5.69 Å². The van der Waals surface area contributed by atoms with Crippen LogP contribution in [0, 0.1) is 13.8 Å². The number of anilines is 1. The summed E-state index contributed by atoms with van der Waals surface area (Å²) in [5, 5.41) is 2.85. The molecule has 1 N–H and O–H groups in total. The topological polar surface area (TPSA) is 60.7 Å². The summed E-state index contributed by atoms with van der Waals surface area (Å²) in [6.45, 7) is 4.22. The smallest absolute Gasteiger partial charge is 0.291 e. The lowest BCUT2D eigenvalue weighted by atomic mass is 10.1. The van der Waals surface area contributed by atoms with Crippen LogP contribution in [0.2, 0.25) is 0 Å². The number of methoxy groups -OCH3 is 1. The quantitative estimate of drug-likeness (QED) is 0.697. The van der Waals surface area contributed by atoms with Crippen LogP contribution in [-0.2, 0) is 6.61 Å². The maximum atomic E-state index is 12.3. The first-order chi connectivity index (χ1) is 12.5. The highest BCUT2D eigenvalue weighted by Crippen LogP contribution is 2.20. The van der Waals surface area contributed by atoms with E-state index in [2.05, 4.69) is 11.4 Å². The third-order valence-corrected chi connectivity index (χ3v) is 3.81. The third-order valence-electron chi connectivity index (χ3n) is 3.81. The van der Waals surface area contributed by atoms with Crippen molar-refractivity contribution in [1.29, 1.82) is 0 Å². The maximum Gasteiger partial charge on any atom is 0.291 e. The van der Waals surface area contributed by atoms with Crippen LogP contribution >= 0.6 is 0 Å². The molecule has 0 aliphatic rings. The van der Waals surface area contributed by atoms with Gasteiger partial charge in [-0.15, -0.1) is 0 Å². The molecule has 0 saturated heterocycles. The highest BCUT2D eigenvalue weighted by molar-refractivity contribution is 6.02. The molecular weight excluding hydrogens is 330 g/mol. The molecule has 0 saturated carbocycles. The van der Waals surface area contributed by atoms with E-state index < -0.39 is 0 Å². The lowest BCUT2D eigenvalue weighted by molar-refractivity contribution is 0.0992. The van der Waals surface area contributed by atoms with Crippen LogP contribution in [0.25, 0.3) is 0 Å². The van der Waals surface area contributed by atoms with E-state index in [4.69, 9.17) is 13.9 Å². The maximum absolute atomic E-state index is 12.3. The van der Waals surface area contributed by atoms with E-state index in [0.29, 0.717) is 11.5 Å². The summed E-state index contributed by atoms with van der Waals surface area (Å²) in [4.78, 5) is 12.3. The van der Waals surface area contributed by atoms with Crippen LogP contribution in [0.1, 0.15) is 27.4 Å². The molecular formula is C21H21NO4. The molecule has 0 fully saturated rings. The van der Waals surface area contributed by atoms with E-state index >= 15 is 0 Å². The summed E-state index contributed by atoms with van der Waals surface area (Å²) in [7, 11) is 1.61. The van der Waals surface area contributed by atoms with E-state index in [-0.39, 0.29) is 18.3 Å². The molecule has 0 bridgehead atoms. The highest BCUT2D eigenvalue weighted by Gasteiger charge is 2.12. The monoisotopic (exact) mass is 351 g/mol. The third kappa shape index (κ3) is 4.45.